The van der Waals surface area contributed by atoms with Crippen LogP contribution in [-0.4, -0.2) is 30.5 Å². The second kappa shape index (κ2) is 5.21. The lowest BCUT2D eigenvalue weighted by Gasteiger charge is -1.98. The average Bonchev–Trinajstić information content (AvgIpc) is 3.02. The van der Waals surface area contributed by atoms with Crippen LogP contribution in [0, 0.1) is 20.8 Å². The van der Waals surface area contributed by atoms with Crippen molar-refractivity contribution in [3.63, 3.8) is 0 Å². The number of nitrogens with zero attached hydrogens (tertiary/aromatic N) is 5. The maximum Gasteiger partial charge on any atom is 0.378 e. The molecule has 7 nitrogen and oxygen atoms in total. The van der Waals surface area contributed by atoms with Crippen LogP contribution in [-0.2, 0) is 11.3 Å². The first-order valence-corrected chi connectivity index (χ1v) is 7.14. The van der Waals surface area contributed by atoms with Gasteiger partial charge >= 0.3 is 5.97 Å². The summed E-state index contributed by atoms with van der Waals surface area (Å²) in [7, 11) is 0. The predicted octanol–water partition coefficient (Wildman–Crippen LogP) is 1.86. The van der Waals surface area contributed by atoms with Gasteiger partial charge in [0, 0.05) is 16.8 Å². The summed E-state index contributed by atoms with van der Waals surface area (Å²) in [6.45, 7) is 5.89. The van der Waals surface area contributed by atoms with Crippen LogP contribution in [0.2, 0.25) is 0 Å². The van der Waals surface area contributed by atoms with E-state index in [1.54, 1.807) is 12.3 Å². The van der Waals surface area contributed by atoms with E-state index in [0.717, 1.165) is 21.3 Å². The molecule has 0 radical (unpaired) electrons. The summed E-state index contributed by atoms with van der Waals surface area (Å²) in [5.41, 5.74) is 1.80. The summed E-state index contributed by atoms with van der Waals surface area (Å²) in [4.78, 5) is 25.5. The van der Waals surface area contributed by atoms with Crippen molar-refractivity contribution in [2.75, 3.05) is 0 Å². The molecule has 0 amide bonds. The number of hydrogen-bond acceptors (Lipinski definition) is 7. The molecule has 0 fully saturated rings. The van der Waals surface area contributed by atoms with Crippen molar-refractivity contribution in [2.45, 2.75) is 27.4 Å². The molecule has 0 unspecified atom stereocenters. The maximum absolute atomic E-state index is 12.0. The summed E-state index contributed by atoms with van der Waals surface area (Å²) in [6.07, 6.45) is 1.62. The van der Waals surface area contributed by atoms with Gasteiger partial charge in [-0.1, -0.05) is 0 Å². The highest BCUT2D eigenvalue weighted by Gasteiger charge is 2.16. The van der Waals surface area contributed by atoms with Gasteiger partial charge in [-0.25, -0.2) is 19.3 Å². The molecule has 108 valence electrons. The van der Waals surface area contributed by atoms with Gasteiger partial charge in [0.05, 0.1) is 5.69 Å². The fourth-order valence-electron chi connectivity index (χ4n) is 1.79. The minimum Gasteiger partial charge on any atom is -0.452 e. The third kappa shape index (κ3) is 2.62. The number of fused-ring (bicyclic) bond motifs is 1. The lowest BCUT2D eigenvalue weighted by Crippen LogP contribution is -2.07. The molecule has 0 aliphatic carbocycles. The highest BCUT2D eigenvalue weighted by atomic mass is 32.1. The zero-order valence-electron chi connectivity index (χ0n) is 11.8. The fourth-order valence-corrected chi connectivity index (χ4v) is 2.63. The van der Waals surface area contributed by atoms with Crippen molar-refractivity contribution in [1.82, 2.24) is 24.6 Å². The standard InChI is InChI=1S/C13H13N5O2S/c1-7-4-5-14-13-16-11(17-18(7)13)12(19)20-6-10-15-8(2)9(3)21-10/h4-5H,6H2,1-3H3. The van der Waals surface area contributed by atoms with Crippen molar-refractivity contribution in [2.24, 2.45) is 0 Å². The lowest BCUT2D eigenvalue weighted by atomic mass is 10.4. The Balaban J connectivity index is 1.76. The van der Waals surface area contributed by atoms with Gasteiger partial charge in [0.2, 0.25) is 0 Å². The van der Waals surface area contributed by atoms with Crippen LogP contribution >= 0.6 is 11.3 Å². The van der Waals surface area contributed by atoms with Gasteiger partial charge in [-0.15, -0.1) is 16.4 Å². The minimum absolute atomic E-state index is 0.00167. The molecule has 0 saturated carbocycles. The smallest absolute Gasteiger partial charge is 0.378 e. The first kappa shape index (κ1) is 13.6. The van der Waals surface area contributed by atoms with E-state index in [9.17, 15) is 4.79 Å². The van der Waals surface area contributed by atoms with Gasteiger partial charge in [-0.05, 0) is 26.8 Å². The van der Waals surface area contributed by atoms with E-state index in [1.807, 2.05) is 20.8 Å². The van der Waals surface area contributed by atoms with E-state index in [2.05, 4.69) is 20.1 Å². The Bertz CT molecular complexity index is 804. The molecule has 21 heavy (non-hydrogen) atoms. The number of hydrogen-bond donors (Lipinski definition) is 0. The first-order valence-electron chi connectivity index (χ1n) is 6.33. The summed E-state index contributed by atoms with van der Waals surface area (Å²) in [6, 6.07) is 1.79. The van der Waals surface area contributed by atoms with E-state index in [1.165, 1.54) is 15.9 Å². The van der Waals surface area contributed by atoms with Gasteiger partial charge in [-0.3, -0.25) is 0 Å². The van der Waals surface area contributed by atoms with Gasteiger partial charge in [0.1, 0.15) is 11.6 Å². The molecule has 0 saturated heterocycles. The maximum atomic E-state index is 12.0. The molecular formula is C13H13N5O2S. The van der Waals surface area contributed by atoms with Gasteiger partial charge in [-0.2, -0.15) is 4.98 Å². The molecular weight excluding hydrogens is 290 g/mol. The number of aryl methyl sites for hydroxylation is 3. The van der Waals surface area contributed by atoms with Crippen LogP contribution in [0.25, 0.3) is 5.78 Å². The SMILES string of the molecule is Cc1nc(COC(=O)c2nc3nccc(C)n3n2)sc1C. The Labute approximate surface area is 124 Å². The number of carbonyl (C=O) groups is 1. The minimum atomic E-state index is -0.578. The molecule has 0 atom stereocenters. The summed E-state index contributed by atoms with van der Waals surface area (Å²) in [5.74, 6) is -0.199. The molecule has 0 bridgehead atoms. The molecule has 0 aliphatic rings. The van der Waals surface area contributed by atoms with E-state index >= 15 is 0 Å². The van der Waals surface area contributed by atoms with Crippen LogP contribution in [0.3, 0.4) is 0 Å². The monoisotopic (exact) mass is 303 g/mol. The Kier molecular flexibility index (Phi) is 3.38. The van der Waals surface area contributed by atoms with Crippen LogP contribution in [0.1, 0.15) is 31.9 Å². The molecule has 0 aromatic carbocycles. The van der Waals surface area contributed by atoms with Crippen molar-refractivity contribution < 1.29 is 9.53 Å². The molecule has 3 heterocycles. The molecule has 0 N–H and O–H groups in total. The number of aromatic nitrogens is 5. The molecule has 3 rings (SSSR count). The highest BCUT2D eigenvalue weighted by Crippen LogP contribution is 2.17. The first-order chi connectivity index (χ1) is 10.0. The quantitative estimate of drug-likeness (QED) is 0.687. The van der Waals surface area contributed by atoms with Gasteiger partial charge in [0.15, 0.2) is 0 Å². The Hall–Kier alpha value is -2.35. The number of thiazole rings is 1. The van der Waals surface area contributed by atoms with E-state index in [0.29, 0.717) is 5.78 Å². The van der Waals surface area contributed by atoms with E-state index in [-0.39, 0.29) is 12.4 Å². The third-order valence-corrected chi connectivity index (χ3v) is 4.06. The largest absolute Gasteiger partial charge is 0.452 e. The van der Waals surface area contributed by atoms with E-state index in [4.69, 9.17) is 4.74 Å². The molecule has 3 aromatic rings. The fraction of sp³-hybridized carbons (Fsp3) is 0.308. The number of carbonyl (C=O) groups excluding carboxylic acids is 1. The molecule has 3 aromatic heterocycles. The van der Waals surface area contributed by atoms with Crippen LogP contribution in [0.15, 0.2) is 12.3 Å². The zero-order chi connectivity index (χ0) is 15.0. The average molecular weight is 303 g/mol. The third-order valence-electron chi connectivity index (χ3n) is 3.01. The highest BCUT2D eigenvalue weighted by molar-refractivity contribution is 7.11. The summed E-state index contributed by atoms with van der Waals surface area (Å²) < 4.78 is 6.70. The summed E-state index contributed by atoms with van der Waals surface area (Å²) >= 11 is 1.51. The molecule has 0 aliphatic heterocycles. The van der Waals surface area contributed by atoms with Crippen molar-refractivity contribution >= 4 is 23.1 Å². The lowest BCUT2D eigenvalue weighted by molar-refractivity contribution is 0.0458. The topological polar surface area (TPSA) is 82.3 Å². The predicted molar refractivity (Wildman–Crippen MR) is 76.2 cm³/mol. The second-order valence-corrected chi connectivity index (χ2v) is 5.85. The van der Waals surface area contributed by atoms with Crippen molar-refractivity contribution in [3.8, 4) is 0 Å². The molecule has 0 spiro atoms. The summed E-state index contributed by atoms with van der Waals surface area (Å²) in [5, 5.41) is 4.86. The van der Waals surface area contributed by atoms with Gasteiger partial charge in [0.25, 0.3) is 11.6 Å². The second-order valence-electron chi connectivity index (χ2n) is 4.56. The number of esters is 1. The zero-order valence-corrected chi connectivity index (χ0v) is 12.6. The van der Waals surface area contributed by atoms with Gasteiger partial charge < -0.3 is 4.74 Å². The van der Waals surface area contributed by atoms with Crippen LogP contribution in [0.4, 0.5) is 0 Å². The van der Waals surface area contributed by atoms with Crippen LogP contribution in [0.5, 0.6) is 0 Å². The van der Waals surface area contributed by atoms with E-state index < -0.39 is 5.97 Å². The number of ether oxygens (including phenoxy) is 1. The van der Waals surface area contributed by atoms with Crippen molar-refractivity contribution in [3.05, 3.63) is 39.4 Å². The Morgan fingerprint density at radius 2 is 2.14 bits per heavy atom. The number of rotatable bonds is 3. The van der Waals surface area contributed by atoms with Crippen molar-refractivity contribution in [1.29, 1.82) is 0 Å². The Morgan fingerprint density at radius 1 is 1.33 bits per heavy atom. The normalized spacial score (nSPS) is 11.0. The molecule has 8 heteroatoms. The Morgan fingerprint density at radius 3 is 2.81 bits per heavy atom. The van der Waals surface area contributed by atoms with Crippen LogP contribution < -0.4 is 0 Å².